The van der Waals surface area contributed by atoms with Crippen molar-refractivity contribution in [2.45, 2.75) is 143 Å². The predicted octanol–water partition coefficient (Wildman–Crippen LogP) is 8.41. The zero-order chi connectivity index (χ0) is 24.2. The monoisotopic (exact) mass is 466 g/mol. The van der Waals surface area contributed by atoms with Crippen LogP contribution in [0.3, 0.4) is 0 Å². The van der Waals surface area contributed by atoms with E-state index in [9.17, 15) is 9.59 Å². The molecule has 0 aliphatic heterocycles. The first-order valence-corrected chi connectivity index (χ1v) is 14.5. The molecule has 0 N–H and O–H groups in total. The van der Waals surface area contributed by atoms with Crippen molar-refractivity contribution >= 4 is 11.9 Å². The van der Waals surface area contributed by atoms with Crippen LogP contribution in [-0.4, -0.2) is 25.2 Å². The highest BCUT2D eigenvalue weighted by atomic mass is 16.5. The molecule has 0 spiro atoms. The maximum atomic E-state index is 12.6. The summed E-state index contributed by atoms with van der Waals surface area (Å²) in [7, 11) is 0. The van der Waals surface area contributed by atoms with Crippen molar-refractivity contribution in [1.82, 2.24) is 0 Å². The molecule has 0 aromatic rings. The van der Waals surface area contributed by atoms with Gasteiger partial charge in [-0.25, -0.2) is 0 Å². The molecular weight excluding hydrogens is 412 g/mol. The number of unbranched alkanes of at least 4 members (excludes halogenated alkanes) is 11. The molecule has 1 fully saturated rings. The number of hydrogen-bond acceptors (Lipinski definition) is 4. The molecular formula is C29H54O4. The molecule has 0 saturated heterocycles. The van der Waals surface area contributed by atoms with Gasteiger partial charge in [0, 0.05) is 0 Å². The van der Waals surface area contributed by atoms with Gasteiger partial charge in [0.15, 0.2) is 0 Å². The predicted molar refractivity (Wildman–Crippen MR) is 137 cm³/mol. The third-order valence-electron chi connectivity index (χ3n) is 7.34. The minimum Gasteiger partial charge on any atom is -0.465 e. The van der Waals surface area contributed by atoms with Crippen molar-refractivity contribution in [3.05, 3.63) is 0 Å². The van der Waals surface area contributed by atoms with Crippen LogP contribution < -0.4 is 0 Å². The zero-order valence-corrected chi connectivity index (χ0v) is 22.2. The molecule has 1 aliphatic carbocycles. The molecule has 4 heteroatoms. The van der Waals surface area contributed by atoms with Gasteiger partial charge in [-0.1, -0.05) is 111 Å². The largest absolute Gasteiger partial charge is 0.465 e. The van der Waals surface area contributed by atoms with E-state index in [4.69, 9.17) is 9.47 Å². The van der Waals surface area contributed by atoms with Gasteiger partial charge in [0.1, 0.15) is 0 Å². The standard InChI is InChI=1S/C29H54O4/c1-4-7-9-10-11-12-13-14-15-16-17-22-32-28(30)26-20-18-21-27(23-26)29(31)33-24-25(6-3)19-8-5-2/h25-27H,4-24H2,1-3H3. The lowest BCUT2D eigenvalue weighted by Gasteiger charge is -2.27. The van der Waals surface area contributed by atoms with E-state index in [0.29, 0.717) is 25.6 Å². The minimum atomic E-state index is -0.137. The average Bonchev–Trinajstić information content (AvgIpc) is 2.84. The van der Waals surface area contributed by atoms with Crippen molar-refractivity contribution in [1.29, 1.82) is 0 Å². The average molecular weight is 467 g/mol. The van der Waals surface area contributed by atoms with Gasteiger partial charge in [0.2, 0.25) is 0 Å². The van der Waals surface area contributed by atoms with Crippen LogP contribution in [0.2, 0.25) is 0 Å². The number of rotatable bonds is 20. The van der Waals surface area contributed by atoms with Crippen molar-refractivity contribution in [3.63, 3.8) is 0 Å². The smallest absolute Gasteiger partial charge is 0.308 e. The Morgan fingerprint density at radius 1 is 0.697 bits per heavy atom. The van der Waals surface area contributed by atoms with Crippen LogP contribution in [0.1, 0.15) is 143 Å². The summed E-state index contributed by atoms with van der Waals surface area (Å²) in [6, 6.07) is 0. The van der Waals surface area contributed by atoms with Crippen molar-refractivity contribution in [2.24, 2.45) is 17.8 Å². The van der Waals surface area contributed by atoms with Crippen molar-refractivity contribution < 1.29 is 19.1 Å². The molecule has 1 aliphatic rings. The number of carbonyl (C=O) groups excluding carboxylic acids is 2. The van der Waals surface area contributed by atoms with E-state index in [1.807, 2.05) is 0 Å². The van der Waals surface area contributed by atoms with E-state index < -0.39 is 0 Å². The fourth-order valence-corrected chi connectivity index (χ4v) is 4.89. The molecule has 0 radical (unpaired) electrons. The number of esters is 2. The van der Waals surface area contributed by atoms with Gasteiger partial charge in [0.05, 0.1) is 25.0 Å². The van der Waals surface area contributed by atoms with Gasteiger partial charge in [-0.2, -0.15) is 0 Å². The van der Waals surface area contributed by atoms with Crippen molar-refractivity contribution in [3.8, 4) is 0 Å². The van der Waals surface area contributed by atoms with Crippen molar-refractivity contribution in [2.75, 3.05) is 13.2 Å². The summed E-state index contributed by atoms with van der Waals surface area (Å²) in [5.74, 6) is -0.0150. The minimum absolute atomic E-state index is 0.103. The van der Waals surface area contributed by atoms with Crippen LogP contribution in [0, 0.1) is 17.8 Å². The summed E-state index contributed by atoms with van der Waals surface area (Å²) in [4.78, 5) is 25.1. The summed E-state index contributed by atoms with van der Waals surface area (Å²) in [5.41, 5.74) is 0. The highest BCUT2D eigenvalue weighted by Gasteiger charge is 2.33. The maximum absolute atomic E-state index is 12.6. The second-order valence-corrected chi connectivity index (χ2v) is 10.3. The van der Waals surface area contributed by atoms with Gasteiger partial charge in [-0.3, -0.25) is 9.59 Å². The Balaban J connectivity index is 2.11. The molecule has 0 aromatic heterocycles. The van der Waals surface area contributed by atoms with E-state index in [-0.39, 0.29) is 23.8 Å². The SMILES string of the molecule is CCCCCCCCCCCCCOC(=O)C1CCCC(C(=O)OCC(CC)CCCC)C1. The zero-order valence-electron chi connectivity index (χ0n) is 22.2. The lowest BCUT2D eigenvalue weighted by Crippen LogP contribution is -2.30. The normalized spacial score (nSPS) is 19.2. The van der Waals surface area contributed by atoms with Crippen LogP contribution in [-0.2, 0) is 19.1 Å². The molecule has 3 unspecified atom stereocenters. The Bertz CT molecular complexity index is 490. The lowest BCUT2D eigenvalue weighted by molar-refractivity contribution is -0.156. The number of ether oxygens (including phenoxy) is 2. The first-order valence-electron chi connectivity index (χ1n) is 14.5. The Labute approximate surface area is 205 Å². The molecule has 1 saturated carbocycles. The fourth-order valence-electron chi connectivity index (χ4n) is 4.89. The van der Waals surface area contributed by atoms with E-state index in [1.54, 1.807) is 0 Å². The Morgan fingerprint density at radius 3 is 1.76 bits per heavy atom. The number of hydrogen-bond donors (Lipinski definition) is 0. The third kappa shape index (κ3) is 14.7. The summed E-state index contributed by atoms with van der Waals surface area (Å²) in [6.45, 7) is 7.67. The van der Waals surface area contributed by atoms with E-state index in [0.717, 1.165) is 44.9 Å². The summed E-state index contributed by atoms with van der Waals surface area (Å²) >= 11 is 0. The summed E-state index contributed by atoms with van der Waals surface area (Å²) in [6.07, 6.45) is 21.9. The summed E-state index contributed by atoms with van der Waals surface area (Å²) < 4.78 is 11.2. The van der Waals surface area contributed by atoms with Crippen LogP contribution in [0.5, 0.6) is 0 Å². The quantitative estimate of drug-likeness (QED) is 0.133. The first-order chi connectivity index (χ1) is 16.1. The second kappa shape index (κ2) is 20.3. The Morgan fingerprint density at radius 2 is 1.21 bits per heavy atom. The highest BCUT2D eigenvalue weighted by molar-refractivity contribution is 5.76. The summed E-state index contributed by atoms with van der Waals surface area (Å²) in [5, 5.41) is 0. The molecule has 4 nitrogen and oxygen atoms in total. The molecule has 33 heavy (non-hydrogen) atoms. The third-order valence-corrected chi connectivity index (χ3v) is 7.34. The topological polar surface area (TPSA) is 52.6 Å². The Hall–Kier alpha value is -1.06. The molecule has 0 amide bonds. The Kier molecular flexibility index (Phi) is 18.5. The molecule has 0 heterocycles. The molecule has 0 bridgehead atoms. The van der Waals surface area contributed by atoms with Gasteiger partial charge < -0.3 is 9.47 Å². The van der Waals surface area contributed by atoms with Gasteiger partial charge >= 0.3 is 11.9 Å². The van der Waals surface area contributed by atoms with E-state index in [2.05, 4.69) is 20.8 Å². The van der Waals surface area contributed by atoms with Crippen LogP contribution >= 0.6 is 0 Å². The van der Waals surface area contributed by atoms with Gasteiger partial charge in [-0.05, 0) is 38.0 Å². The maximum Gasteiger partial charge on any atom is 0.308 e. The first kappa shape index (κ1) is 30.0. The second-order valence-electron chi connectivity index (χ2n) is 10.3. The van der Waals surface area contributed by atoms with Crippen LogP contribution in [0.15, 0.2) is 0 Å². The fraction of sp³-hybridized carbons (Fsp3) is 0.931. The molecule has 0 aromatic carbocycles. The molecule has 1 rings (SSSR count). The lowest BCUT2D eigenvalue weighted by atomic mass is 9.81. The molecule has 194 valence electrons. The number of carbonyl (C=O) groups is 2. The van der Waals surface area contributed by atoms with Crippen LogP contribution in [0.4, 0.5) is 0 Å². The van der Waals surface area contributed by atoms with E-state index in [1.165, 1.54) is 70.6 Å². The van der Waals surface area contributed by atoms with Gasteiger partial charge in [0.25, 0.3) is 0 Å². The molecule has 3 atom stereocenters. The highest BCUT2D eigenvalue weighted by Crippen LogP contribution is 2.31. The van der Waals surface area contributed by atoms with Gasteiger partial charge in [-0.15, -0.1) is 0 Å². The van der Waals surface area contributed by atoms with Crippen LogP contribution in [0.25, 0.3) is 0 Å². The van der Waals surface area contributed by atoms with E-state index >= 15 is 0 Å².